The van der Waals surface area contributed by atoms with E-state index in [9.17, 15) is 0 Å². The molecule has 0 spiro atoms. The highest BCUT2D eigenvalue weighted by Gasteiger charge is 2.14. The van der Waals surface area contributed by atoms with Gasteiger partial charge in [0.15, 0.2) is 0 Å². The van der Waals surface area contributed by atoms with E-state index in [1.54, 1.807) is 7.11 Å². The summed E-state index contributed by atoms with van der Waals surface area (Å²) in [4.78, 5) is 0. The molecule has 0 bridgehead atoms. The van der Waals surface area contributed by atoms with Crippen molar-refractivity contribution < 1.29 is 4.74 Å². The molecule has 2 rings (SSSR count). The lowest BCUT2D eigenvalue weighted by Crippen LogP contribution is -2.30. The van der Waals surface area contributed by atoms with Crippen molar-refractivity contribution in [2.24, 2.45) is 5.84 Å². The van der Waals surface area contributed by atoms with Gasteiger partial charge in [0.25, 0.3) is 0 Å². The summed E-state index contributed by atoms with van der Waals surface area (Å²) < 4.78 is 5.28. The Balaban J connectivity index is 2.29. The van der Waals surface area contributed by atoms with Gasteiger partial charge in [-0.15, -0.1) is 0 Å². The van der Waals surface area contributed by atoms with Crippen LogP contribution in [0, 0.1) is 20.8 Å². The fraction of sp³-hybridized carbons (Fsp3) is 0.333. The number of hydrogen-bond donors (Lipinski definition) is 2. The molecule has 112 valence electrons. The van der Waals surface area contributed by atoms with Gasteiger partial charge < -0.3 is 4.74 Å². The van der Waals surface area contributed by atoms with Gasteiger partial charge in [-0.05, 0) is 67.1 Å². The Kier molecular flexibility index (Phi) is 4.99. The van der Waals surface area contributed by atoms with Gasteiger partial charge in [-0.3, -0.25) is 11.3 Å². The SMILES string of the molecule is COc1cccc(CC(NN)c2cc(C)c(C)cc2C)c1. The number of nitrogens with one attached hydrogen (secondary N) is 1. The summed E-state index contributed by atoms with van der Waals surface area (Å²) in [5, 5.41) is 0. The summed E-state index contributed by atoms with van der Waals surface area (Å²) in [5.41, 5.74) is 9.28. The first-order chi connectivity index (χ1) is 10.0. The van der Waals surface area contributed by atoms with Crippen LogP contribution in [-0.4, -0.2) is 7.11 Å². The molecule has 0 amide bonds. The number of nitrogens with two attached hydrogens (primary N) is 1. The molecule has 1 unspecified atom stereocenters. The first-order valence-electron chi connectivity index (χ1n) is 7.22. The second-order valence-electron chi connectivity index (χ2n) is 5.57. The standard InChI is InChI=1S/C18H24N2O/c1-12-8-14(3)17(9-13(12)2)18(20-19)11-15-6-5-7-16(10-15)21-4/h5-10,18,20H,11,19H2,1-4H3. The number of ether oxygens (including phenoxy) is 1. The number of hydrazine groups is 1. The first kappa shape index (κ1) is 15.5. The van der Waals surface area contributed by atoms with Crippen LogP contribution in [0.3, 0.4) is 0 Å². The molecule has 2 aromatic carbocycles. The van der Waals surface area contributed by atoms with E-state index in [4.69, 9.17) is 10.6 Å². The smallest absolute Gasteiger partial charge is 0.119 e. The highest BCUT2D eigenvalue weighted by Crippen LogP contribution is 2.25. The van der Waals surface area contributed by atoms with E-state index in [1.165, 1.54) is 27.8 Å². The predicted octanol–water partition coefficient (Wildman–Crippen LogP) is 3.37. The molecular weight excluding hydrogens is 260 g/mol. The molecule has 0 aliphatic carbocycles. The molecule has 3 heteroatoms. The van der Waals surface area contributed by atoms with E-state index in [0.29, 0.717) is 0 Å². The Labute approximate surface area is 127 Å². The summed E-state index contributed by atoms with van der Waals surface area (Å²) in [6.45, 7) is 6.41. The van der Waals surface area contributed by atoms with Gasteiger partial charge >= 0.3 is 0 Å². The van der Waals surface area contributed by atoms with Crippen molar-refractivity contribution in [3.8, 4) is 5.75 Å². The Morgan fingerprint density at radius 1 is 1.05 bits per heavy atom. The molecule has 0 aliphatic heterocycles. The van der Waals surface area contributed by atoms with E-state index < -0.39 is 0 Å². The molecular formula is C18H24N2O. The fourth-order valence-corrected chi connectivity index (χ4v) is 2.65. The molecule has 0 radical (unpaired) electrons. The van der Waals surface area contributed by atoms with Gasteiger partial charge in [0.1, 0.15) is 5.75 Å². The number of hydrogen-bond acceptors (Lipinski definition) is 3. The number of benzene rings is 2. The van der Waals surface area contributed by atoms with Crippen LogP contribution in [0.15, 0.2) is 36.4 Å². The Morgan fingerprint density at radius 2 is 1.76 bits per heavy atom. The Hall–Kier alpha value is -1.84. The second-order valence-corrected chi connectivity index (χ2v) is 5.57. The minimum absolute atomic E-state index is 0.0939. The fourth-order valence-electron chi connectivity index (χ4n) is 2.65. The molecule has 0 fully saturated rings. The van der Waals surface area contributed by atoms with E-state index in [2.05, 4.69) is 50.5 Å². The van der Waals surface area contributed by atoms with Crippen LogP contribution < -0.4 is 16.0 Å². The number of rotatable bonds is 5. The lowest BCUT2D eigenvalue weighted by Gasteiger charge is -2.20. The first-order valence-corrected chi connectivity index (χ1v) is 7.22. The normalized spacial score (nSPS) is 12.2. The molecule has 0 aliphatic rings. The second kappa shape index (κ2) is 6.74. The van der Waals surface area contributed by atoms with Crippen LogP contribution in [0.2, 0.25) is 0 Å². The molecule has 3 N–H and O–H groups in total. The van der Waals surface area contributed by atoms with E-state index in [1.807, 2.05) is 12.1 Å². The lowest BCUT2D eigenvalue weighted by atomic mass is 9.92. The van der Waals surface area contributed by atoms with Gasteiger partial charge in [0, 0.05) is 0 Å². The van der Waals surface area contributed by atoms with Crippen molar-refractivity contribution in [1.82, 2.24) is 5.43 Å². The predicted molar refractivity (Wildman–Crippen MR) is 87.4 cm³/mol. The van der Waals surface area contributed by atoms with Gasteiger partial charge in [-0.1, -0.05) is 24.3 Å². The molecule has 21 heavy (non-hydrogen) atoms. The Morgan fingerprint density at radius 3 is 2.43 bits per heavy atom. The van der Waals surface area contributed by atoms with Crippen LogP contribution in [0.5, 0.6) is 5.75 Å². The van der Waals surface area contributed by atoms with E-state index in [-0.39, 0.29) is 6.04 Å². The largest absolute Gasteiger partial charge is 0.497 e. The highest BCUT2D eigenvalue weighted by molar-refractivity contribution is 5.39. The quantitative estimate of drug-likeness (QED) is 0.653. The summed E-state index contributed by atoms with van der Waals surface area (Å²) in [6, 6.07) is 12.7. The minimum atomic E-state index is 0.0939. The summed E-state index contributed by atoms with van der Waals surface area (Å²) in [6.07, 6.45) is 0.830. The average molecular weight is 284 g/mol. The topological polar surface area (TPSA) is 47.3 Å². The molecule has 0 aromatic heterocycles. The van der Waals surface area contributed by atoms with Crippen molar-refractivity contribution in [1.29, 1.82) is 0 Å². The molecule has 0 heterocycles. The van der Waals surface area contributed by atoms with Crippen LogP contribution in [0.4, 0.5) is 0 Å². The monoisotopic (exact) mass is 284 g/mol. The zero-order valence-electron chi connectivity index (χ0n) is 13.2. The van der Waals surface area contributed by atoms with Gasteiger partial charge in [-0.25, -0.2) is 0 Å². The van der Waals surface area contributed by atoms with Crippen LogP contribution in [-0.2, 0) is 6.42 Å². The third-order valence-electron chi connectivity index (χ3n) is 4.03. The number of aryl methyl sites for hydroxylation is 3. The summed E-state index contributed by atoms with van der Waals surface area (Å²) in [7, 11) is 1.69. The summed E-state index contributed by atoms with van der Waals surface area (Å²) in [5.74, 6) is 6.67. The maximum atomic E-state index is 5.80. The van der Waals surface area contributed by atoms with Crippen LogP contribution in [0.25, 0.3) is 0 Å². The molecule has 1 atom stereocenters. The third kappa shape index (κ3) is 3.63. The summed E-state index contributed by atoms with van der Waals surface area (Å²) >= 11 is 0. The van der Waals surface area contributed by atoms with Crippen LogP contribution in [0.1, 0.15) is 33.9 Å². The molecule has 0 saturated heterocycles. The van der Waals surface area contributed by atoms with Crippen molar-refractivity contribution >= 4 is 0 Å². The highest BCUT2D eigenvalue weighted by atomic mass is 16.5. The zero-order chi connectivity index (χ0) is 15.4. The molecule has 0 saturated carbocycles. The number of methoxy groups -OCH3 is 1. The Bertz CT molecular complexity index is 623. The van der Waals surface area contributed by atoms with Crippen molar-refractivity contribution in [3.63, 3.8) is 0 Å². The van der Waals surface area contributed by atoms with Gasteiger partial charge in [0.05, 0.1) is 13.2 Å². The molecule has 2 aromatic rings. The third-order valence-corrected chi connectivity index (χ3v) is 4.03. The van der Waals surface area contributed by atoms with Crippen molar-refractivity contribution in [3.05, 3.63) is 64.2 Å². The van der Waals surface area contributed by atoms with Crippen molar-refractivity contribution in [2.45, 2.75) is 33.2 Å². The average Bonchev–Trinajstić information content (AvgIpc) is 2.49. The van der Waals surface area contributed by atoms with Gasteiger partial charge in [0.2, 0.25) is 0 Å². The van der Waals surface area contributed by atoms with Crippen LogP contribution >= 0.6 is 0 Å². The maximum Gasteiger partial charge on any atom is 0.119 e. The lowest BCUT2D eigenvalue weighted by molar-refractivity contribution is 0.414. The van der Waals surface area contributed by atoms with Crippen molar-refractivity contribution in [2.75, 3.05) is 7.11 Å². The maximum absolute atomic E-state index is 5.80. The van der Waals surface area contributed by atoms with E-state index >= 15 is 0 Å². The minimum Gasteiger partial charge on any atom is -0.497 e. The molecule has 3 nitrogen and oxygen atoms in total. The zero-order valence-corrected chi connectivity index (χ0v) is 13.2. The van der Waals surface area contributed by atoms with Gasteiger partial charge in [-0.2, -0.15) is 0 Å². The van der Waals surface area contributed by atoms with E-state index in [0.717, 1.165) is 12.2 Å².